The summed E-state index contributed by atoms with van der Waals surface area (Å²) in [5.74, 6) is -0.210. The molecule has 0 saturated heterocycles. The quantitative estimate of drug-likeness (QED) is 0.545. The Kier molecular flexibility index (Phi) is 3.91. The number of hydrogen-bond donors (Lipinski definition) is 0. The minimum Gasteiger partial charge on any atom is -0.236 e. The van der Waals surface area contributed by atoms with Crippen molar-refractivity contribution in [2.75, 3.05) is 0 Å². The summed E-state index contributed by atoms with van der Waals surface area (Å²) in [5, 5.41) is 0.933. The van der Waals surface area contributed by atoms with E-state index in [2.05, 4.69) is 22.9 Å². The van der Waals surface area contributed by atoms with Gasteiger partial charge < -0.3 is 0 Å². The predicted molar refractivity (Wildman–Crippen MR) is 90.1 cm³/mol. The predicted octanol–water partition coefficient (Wildman–Crippen LogP) is 6.00. The summed E-state index contributed by atoms with van der Waals surface area (Å²) in [5.41, 5.74) is 3.99. The molecule has 0 fully saturated rings. The second kappa shape index (κ2) is 5.70. The first-order valence-corrected chi connectivity index (χ1v) is 8.15. The van der Waals surface area contributed by atoms with Crippen LogP contribution in [0, 0.1) is 19.7 Å². The summed E-state index contributed by atoms with van der Waals surface area (Å²) in [6.07, 6.45) is 0. The highest BCUT2D eigenvalue weighted by atomic mass is 79.9. The number of hydrogen-bond acceptors (Lipinski definition) is 2. The smallest absolute Gasteiger partial charge is 0.124 e. The molecule has 1 heterocycles. The topological polar surface area (TPSA) is 12.9 Å². The first-order chi connectivity index (χ1) is 10.0. The van der Waals surface area contributed by atoms with Gasteiger partial charge in [0.2, 0.25) is 0 Å². The Morgan fingerprint density at radius 1 is 1.05 bits per heavy atom. The van der Waals surface area contributed by atoms with Crippen molar-refractivity contribution >= 4 is 27.3 Å². The minimum atomic E-state index is -0.210. The van der Waals surface area contributed by atoms with Crippen LogP contribution >= 0.6 is 27.3 Å². The van der Waals surface area contributed by atoms with Crippen LogP contribution in [0.3, 0.4) is 0 Å². The summed E-state index contributed by atoms with van der Waals surface area (Å²) < 4.78 is 14.3. The van der Waals surface area contributed by atoms with Crippen LogP contribution in [-0.2, 0) is 0 Å². The highest BCUT2D eigenvalue weighted by molar-refractivity contribution is 9.10. The molecule has 0 aliphatic heterocycles. The van der Waals surface area contributed by atoms with Crippen molar-refractivity contribution in [3.05, 3.63) is 63.2 Å². The Labute approximate surface area is 135 Å². The van der Waals surface area contributed by atoms with Crippen LogP contribution in [0.5, 0.6) is 0 Å². The van der Waals surface area contributed by atoms with Gasteiger partial charge in [0, 0.05) is 20.5 Å². The molecule has 0 radical (unpaired) electrons. The molecule has 3 rings (SSSR count). The Morgan fingerprint density at radius 3 is 2.43 bits per heavy atom. The molecule has 0 atom stereocenters. The van der Waals surface area contributed by atoms with Crippen LogP contribution in [-0.4, -0.2) is 4.98 Å². The van der Waals surface area contributed by atoms with E-state index in [9.17, 15) is 4.39 Å². The molecule has 0 N–H and O–H groups in total. The van der Waals surface area contributed by atoms with Crippen LogP contribution in [0.4, 0.5) is 4.39 Å². The summed E-state index contributed by atoms with van der Waals surface area (Å²) in [6.45, 7) is 3.98. The fourth-order valence-electron chi connectivity index (χ4n) is 2.25. The number of nitrogens with zero attached hydrogens (tertiary/aromatic N) is 1. The second-order valence-corrected chi connectivity index (χ2v) is 7.01. The van der Waals surface area contributed by atoms with Crippen LogP contribution in [0.25, 0.3) is 21.8 Å². The summed E-state index contributed by atoms with van der Waals surface area (Å²) in [7, 11) is 0. The van der Waals surface area contributed by atoms with Gasteiger partial charge in [-0.15, -0.1) is 11.3 Å². The van der Waals surface area contributed by atoms with Crippen molar-refractivity contribution in [2.45, 2.75) is 13.8 Å². The molecule has 0 bridgehead atoms. The van der Waals surface area contributed by atoms with E-state index >= 15 is 0 Å². The zero-order chi connectivity index (χ0) is 15.0. The highest BCUT2D eigenvalue weighted by Crippen LogP contribution is 2.35. The van der Waals surface area contributed by atoms with E-state index in [1.54, 1.807) is 23.5 Å². The van der Waals surface area contributed by atoms with Crippen LogP contribution in [0.2, 0.25) is 0 Å². The maximum absolute atomic E-state index is 13.2. The molecule has 0 spiro atoms. The van der Waals surface area contributed by atoms with Crippen LogP contribution in [0.15, 0.2) is 46.9 Å². The molecule has 2 aromatic carbocycles. The van der Waals surface area contributed by atoms with Gasteiger partial charge in [0.25, 0.3) is 0 Å². The Hall–Kier alpha value is -1.52. The monoisotopic (exact) mass is 361 g/mol. The molecule has 0 amide bonds. The molecule has 106 valence electrons. The lowest BCUT2D eigenvalue weighted by atomic mass is 10.1. The normalized spacial score (nSPS) is 10.9. The third-order valence-electron chi connectivity index (χ3n) is 3.33. The molecule has 0 aliphatic carbocycles. The first kappa shape index (κ1) is 14.4. The van der Waals surface area contributed by atoms with E-state index in [4.69, 9.17) is 4.98 Å². The zero-order valence-electron chi connectivity index (χ0n) is 11.7. The number of halogens is 2. The van der Waals surface area contributed by atoms with Crippen LogP contribution in [0.1, 0.15) is 10.4 Å². The van der Waals surface area contributed by atoms with E-state index in [0.717, 1.165) is 36.7 Å². The van der Waals surface area contributed by atoms with Gasteiger partial charge in [-0.2, -0.15) is 0 Å². The third kappa shape index (κ3) is 2.92. The molecule has 21 heavy (non-hydrogen) atoms. The van der Waals surface area contributed by atoms with Gasteiger partial charge >= 0.3 is 0 Å². The van der Waals surface area contributed by atoms with Crippen molar-refractivity contribution in [2.24, 2.45) is 0 Å². The Balaban J connectivity index is 2.07. The van der Waals surface area contributed by atoms with Gasteiger partial charge in [-0.25, -0.2) is 9.37 Å². The number of aromatic nitrogens is 1. The average Bonchev–Trinajstić information content (AvgIpc) is 2.81. The Bertz CT molecular complexity index is 793. The lowest BCUT2D eigenvalue weighted by molar-refractivity contribution is 0.627. The molecular formula is C17H13BrFNS. The van der Waals surface area contributed by atoms with E-state index in [1.165, 1.54) is 6.07 Å². The summed E-state index contributed by atoms with van der Waals surface area (Å²) >= 11 is 5.08. The molecule has 3 aromatic rings. The van der Waals surface area contributed by atoms with E-state index < -0.39 is 0 Å². The van der Waals surface area contributed by atoms with Gasteiger partial charge in [0.05, 0.1) is 5.69 Å². The minimum absolute atomic E-state index is 0.210. The van der Waals surface area contributed by atoms with Crippen molar-refractivity contribution in [3.8, 4) is 21.8 Å². The molecular weight excluding hydrogens is 349 g/mol. The SMILES string of the molecule is Cc1cc(F)ccc1-c1nc(-c2ccc(Br)cc2)c(C)s1. The Morgan fingerprint density at radius 2 is 1.76 bits per heavy atom. The fourth-order valence-corrected chi connectivity index (χ4v) is 3.54. The number of aryl methyl sites for hydroxylation is 2. The molecule has 0 aliphatic rings. The van der Waals surface area contributed by atoms with Gasteiger partial charge in [0.1, 0.15) is 10.8 Å². The molecule has 4 heteroatoms. The second-order valence-electron chi connectivity index (χ2n) is 4.89. The zero-order valence-corrected chi connectivity index (χ0v) is 14.1. The molecule has 0 saturated carbocycles. The van der Waals surface area contributed by atoms with Crippen molar-refractivity contribution in [1.82, 2.24) is 4.98 Å². The molecule has 1 aromatic heterocycles. The average molecular weight is 362 g/mol. The maximum atomic E-state index is 13.2. The number of rotatable bonds is 2. The van der Waals surface area contributed by atoms with Gasteiger partial charge in [-0.05, 0) is 49.7 Å². The van der Waals surface area contributed by atoms with Gasteiger partial charge in [-0.1, -0.05) is 28.1 Å². The van der Waals surface area contributed by atoms with E-state index in [0.29, 0.717) is 0 Å². The lowest BCUT2D eigenvalue weighted by Crippen LogP contribution is -1.85. The molecule has 0 unspecified atom stereocenters. The van der Waals surface area contributed by atoms with Crippen molar-refractivity contribution in [3.63, 3.8) is 0 Å². The standard InChI is InChI=1S/C17H13BrFNS/c1-10-9-14(19)7-8-15(10)17-20-16(11(2)21-17)12-3-5-13(18)6-4-12/h3-9H,1-2H3. The third-order valence-corrected chi connectivity index (χ3v) is 4.87. The van der Waals surface area contributed by atoms with Crippen LogP contribution < -0.4 is 0 Å². The van der Waals surface area contributed by atoms with Crippen molar-refractivity contribution in [1.29, 1.82) is 0 Å². The lowest BCUT2D eigenvalue weighted by Gasteiger charge is -2.02. The largest absolute Gasteiger partial charge is 0.236 e. The van der Waals surface area contributed by atoms with E-state index in [1.807, 2.05) is 31.2 Å². The van der Waals surface area contributed by atoms with Gasteiger partial charge in [0.15, 0.2) is 0 Å². The summed E-state index contributed by atoms with van der Waals surface area (Å²) in [6, 6.07) is 13.0. The number of benzene rings is 2. The summed E-state index contributed by atoms with van der Waals surface area (Å²) in [4.78, 5) is 5.91. The highest BCUT2D eigenvalue weighted by Gasteiger charge is 2.13. The first-order valence-electron chi connectivity index (χ1n) is 6.54. The van der Waals surface area contributed by atoms with Gasteiger partial charge in [-0.3, -0.25) is 0 Å². The maximum Gasteiger partial charge on any atom is 0.124 e. The number of thiazole rings is 1. The molecule has 1 nitrogen and oxygen atoms in total. The van der Waals surface area contributed by atoms with E-state index in [-0.39, 0.29) is 5.82 Å². The van der Waals surface area contributed by atoms with Crippen molar-refractivity contribution < 1.29 is 4.39 Å². The fraction of sp³-hybridized carbons (Fsp3) is 0.118.